The Bertz CT molecular complexity index is 226. The van der Waals surface area contributed by atoms with Gasteiger partial charge in [0.1, 0.15) is 0 Å². The van der Waals surface area contributed by atoms with Crippen LogP contribution in [-0.4, -0.2) is 14.0 Å². The van der Waals surface area contributed by atoms with Gasteiger partial charge in [-0.2, -0.15) is 3.71 Å². The van der Waals surface area contributed by atoms with Gasteiger partial charge in [-0.05, 0) is 41.5 Å². The van der Waals surface area contributed by atoms with Crippen LogP contribution in [0, 0.1) is 0 Å². The first-order valence-electron chi connectivity index (χ1n) is 5.21. The summed E-state index contributed by atoms with van der Waals surface area (Å²) in [5, 5.41) is 0. The van der Waals surface area contributed by atoms with Gasteiger partial charge in [0.2, 0.25) is 0 Å². The summed E-state index contributed by atoms with van der Waals surface area (Å²) in [5.41, 5.74) is 0.0538. The van der Waals surface area contributed by atoms with Crippen LogP contribution in [0.25, 0.3) is 0 Å². The highest BCUT2D eigenvalue weighted by Gasteiger charge is 2.27. The molecule has 0 rings (SSSR count). The summed E-state index contributed by atoms with van der Waals surface area (Å²) >= 11 is 6.25. The molecule has 0 heterocycles. The van der Waals surface area contributed by atoms with E-state index < -0.39 is 0 Å². The van der Waals surface area contributed by atoms with Gasteiger partial charge >= 0.3 is 0 Å². The summed E-state index contributed by atoms with van der Waals surface area (Å²) in [5.74, 6) is 0. The fourth-order valence-electron chi connectivity index (χ4n) is 1.10. The van der Waals surface area contributed by atoms with Crippen molar-refractivity contribution in [3.05, 3.63) is 24.3 Å². The highest BCUT2D eigenvalue weighted by Crippen LogP contribution is 2.37. The summed E-state index contributed by atoms with van der Waals surface area (Å²) < 4.78 is 1.99. The Morgan fingerprint density at radius 2 is 1.40 bits per heavy atom. The molecule has 0 unspecified atom stereocenters. The van der Waals surface area contributed by atoms with E-state index in [4.69, 9.17) is 0 Å². The Balaban J connectivity index is 4.70. The number of thiol groups is 1. The molecule has 0 fully saturated rings. The first-order chi connectivity index (χ1) is 6.75. The lowest BCUT2D eigenvalue weighted by molar-refractivity contribution is 0.413. The van der Waals surface area contributed by atoms with Crippen molar-refractivity contribution in [1.82, 2.24) is 3.71 Å². The summed E-state index contributed by atoms with van der Waals surface area (Å²) in [7, 11) is 0. The van der Waals surface area contributed by atoms with Crippen LogP contribution >= 0.6 is 24.8 Å². The van der Waals surface area contributed by atoms with Gasteiger partial charge in [-0.25, -0.2) is 0 Å². The van der Waals surface area contributed by atoms with E-state index in [0.29, 0.717) is 0 Å². The first-order valence-corrected chi connectivity index (χ1v) is 6.38. The molecule has 15 heavy (non-hydrogen) atoms. The van der Waals surface area contributed by atoms with Crippen molar-refractivity contribution < 1.29 is 0 Å². The average molecular weight is 245 g/mol. The van der Waals surface area contributed by atoms with Crippen molar-refractivity contribution in [3.63, 3.8) is 0 Å². The van der Waals surface area contributed by atoms with Crippen LogP contribution in [0.3, 0.4) is 0 Å². The van der Waals surface area contributed by atoms with Crippen LogP contribution in [-0.2, 0) is 0 Å². The maximum atomic E-state index is 4.52. The molecule has 0 aromatic rings. The van der Waals surface area contributed by atoms with E-state index in [2.05, 4.69) is 64.8 Å². The molecular weight excluding hydrogens is 222 g/mol. The van der Waals surface area contributed by atoms with Gasteiger partial charge in [0.15, 0.2) is 0 Å². The second-order valence-electron chi connectivity index (χ2n) is 4.72. The third-order valence-electron chi connectivity index (χ3n) is 1.85. The van der Waals surface area contributed by atoms with Crippen LogP contribution in [0.1, 0.15) is 41.5 Å². The van der Waals surface area contributed by atoms with E-state index in [-0.39, 0.29) is 10.3 Å². The third kappa shape index (κ3) is 5.69. The highest BCUT2D eigenvalue weighted by molar-refractivity contribution is 8.06. The lowest BCUT2D eigenvalue weighted by atomic mass is 10.1. The van der Waals surface area contributed by atoms with Crippen molar-refractivity contribution in [2.45, 2.75) is 51.8 Å². The zero-order chi connectivity index (χ0) is 12.1. The molecule has 0 N–H and O–H groups in total. The summed E-state index contributed by atoms with van der Waals surface area (Å²) in [6.07, 6.45) is 8.54. The molecule has 0 saturated carbocycles. The molecule has 0 radical (unpaired) electrons. The zero-order valence-corrected chi connectivity index (χ0v) is 12.3. The van der Waals surface area contributed by atoms with Crippen molar-refractivity contribution in [2.75, 3.05) is 0 Å². The van der Waals surface area contributed by atoms with E-state index in [1.807, 2.05) is 17.6 Å². The molecule has 0 spiro atoms. The highest BCUT2D eigenvalue weighted by atomic mass is 32.2. The third-order valence-corrected chi connectivity index (χ3v) is 4.08. The van der Waals surface area contributed by atoms with E-state index in [1.165, 1.54) is 0 Å². The summed E-state index contributed by atoms with van der Waals surface area (Å²) in [6.45, 7) is 12.7. The smallest absolute Gasteiger partial charge is 0.0645 e. The lowest BCUT2D eigenvalue weighted by Crippen LogP contribution is -2.32. The van der Waals surface area contributed by atoms with Gasteiger partial charge in [-0.3, -0.25) is 0 Å². The van der Waals surface area contributed by atoms with Crippen LogP contribution in [0.2, 0.25) is 0 Å². The summed E-state index contributed by atoms with van der Waals surface area (Å²) in [6, 6.07) is 0. The van der Waals surface area contributed by atoms with E-state index >= 15 is 0 Å². The zero-order valence-electron chi connectivity index (χ0n) is 10.6. The minimum atomic E-state index is -0.0153. The van der Waals surface area contributed by atoms with Gasteiger partial charge in [0.05, 0.1) is 4.75 Å². The molecule has 0 aliphatic heterocycles. The Labute approximate surface area is 105 Å². The Morgan fingerprint density at radius 3 is 1.67 bits per heavy atom. The Kier molecular flexibility index (Phi) is 6.08. The minimum absolute atomic E-state index is 0.0153. The Hall–Kier alpha value is 0.140. The molecule has 1 nitrogen and oxygen atoms in total. The monoisotopic (exact) mass is 245 g/mol. The molecule has 0 amide bonds. The molecule has 0 aliphatic carbocycles. The standard InChI is InChI=1S/C12H23NS2/c1-7-9-12(6,10-8-2)15-13(14)11(3,4)5/h7-10,14H,1-6H3. The topological polar surface area (TPSA) is 3.24 Å². The lowest BCUT2D eigenvalue weighted by Gasteiger charge is -2.35. The van der Waals surface area contributed by atoms with Crippen LogP contribution < -0.4 is 0 Å². The molecular formula is C12H23NS2. The fourth-order valence-corrected chi connectivity index (χ4v) is 2.67. The predicted molar refractivity (Wildman–Crippen MR) is 76.2 cm³/mol. The summed E-state index contributed by atoms with van der Waals surface area (Å²) in [4.78, 5) is 0. The molecule has 3 heteroatoms. The molecule has 0 bridgehead atoms. The number of nitrogens with zero attached hydrogens (tertiary/aromatic N) is 1. The normalized spacial score (nSPS) is 17.9. The molecule has 0 aromatic heterocycles. The Morgan fingerprint density at radius 1 is 1.00 bits per heavy atom. The largest absolute Gasteiger partial charge is 0.191 e. The molecule has 0 atom stereocenters. The van der Waals surface area contributed by atoms with Crippen LogP contribution in [0.5, 0.6) is 0 Å². The van der Waals surface area contributed by atoms with E-state index in [0.717, 1.165) is 0 Å². The molecule has 88 valence electrons. The molecule has 0 saturated heterocycles. The minimum Gasteiger partial charge on any atom is -0.191 e. The quantitative estimate of drug-likeness (QED) is 0.441. The first kappa shape index (κ1) is 15.1. The van der Waals surface area contributed by atoms with Crippen molar-refractivity contribution in [1.29, 1.82) is 0 Å². The van der Waals surface area contributed by atoms with Crippen molar-refractivity contribution in [2.24, 2.45) is 0 Å². The number of hydrogen-bond donors (Lipinski definition) is 1. The molecule has 0 aromatic carbocycles. The van der Waals surface area contributed by atoms with E-state index in [1.54, 1.807) is 11.9 Å². The van der Waals surface area contributed by atoms with Gasteiger partial charge in [0.25, 0.3) is 0 Å². The fraction of sp³-hybridized carbons (Fsp3) is 0.667. The van der Waals surface area contributed by atoms with Gasteiger partial charge in [-0.1, -0.05) is 49.1 Å². The van der Waals surface area contributed by atoms with Crippen LogP contribution in [0.4, 0.5) is 0 Å². The molecule has 0 aliphatic rings. The van der Waals surface area contributed by atoms with Crippen molar-refractivity contribution >= 4 is 24.8 Å². The van der Waals surface area contributed by atoms with Gasteiger partial charge in [-0.15, -0.1) is 0 Å². The SMILES string of the molecule is CC=CC(C)(C=CC)SN(S)C(C)(C)C. The number of allylic oxidation sites excluding steroid dienone is 2. The number of rotatable bonds is 4. The second-order valence-corrected chi connectivity index (χ2v) is 6.82. The van der Waals surface area contributed by atoms with Gasteiger partial charge in [0, 0.05) is 5.54 Å². The van der Waals surface area contributed by atoms with Crippen molar-refractivity contribution in [3.8, 4) is 0 Å². The second kappa shape index (κ2) is 6.02. The average Bonchev–Trinajstić information content (AvgIpc) is 2.02. The maximum absolute atomic E-state index is 4.52. The van der Waals surface area contributed by atoms with Crippen LogP contribution in [0.15, 0.2) is 24.3 Å². The van der Waals surface area contributed by atoms with Gasteiger partial charge < -0.3 is 0 Å². The predicted octanol–water partition coefficient (Wildman–Crippen LogP) is 4.49. The maximum Gasteiger partial charge on any atom is 0.0645 e. The number of hydrogen-bond acceptors (Lipinski definition) is 3. The van der Waals surface area contributed by atoms with E-state index in [9.17, 15) is 0 Å².